The molecule has 0 unspecified atom stereocenters. The number of aryl methyl sites for hydroxylation is 1. The van der Waals surface area contributed by atoms with Crippen LogP contribution in [0.25, 0.3) is 0 Å². The van der Waals surface area contributed by atoms with Gasteiger partial charge in [0, 0.05) is 18.7 Å². The summed E-state index contributed by atoms with van der Waals surface area (Å²) >= 11 is 5.92. The third-order valence-corrected chi connectivity index (χ3v) is 5.22. The second kappa shape index (κ2) is 10.1. The van der Waals surface area contributed by atoms with E-state index in [-0.39, 0.29) is 29.5 Å². The predicted molar refractivity (Wildman–Crippen MR) is 114 cm³/mol. The van der Waals surface area contributed by atoms with Crippen LogP contribution in [-0.2, 0) is 25.5 Å². The van der Waals surface area contributed by atoms with Crippen molar-refractivity contribution >= 4 is 41.0 Å². The van der Waals surface area contributed by atoms with Gasteiger partial charge in [0.15, 0.2) is 6.61 Å². The van der Waals surface area contributed by atoms with E-state index in [2.05, 4.69) is 10.9 Å². The van der Waals surface area contributed by atoms with Crippen molar-refractivity contribution in [3.63, 3.8) is 0 Å². The summed E-state index contributed by atoms with van der Waals surface area (Å²) in [6.07, 6.45) is 0.906. The summed E-state index contributed by atoms with van der Waals surface area (Å²) in [5.74, 6) is -2.80. The molecule has 0 aliphatic carbocycles. The number of nitrogens with one attached hydrogen (secondary N) is 2. The molecule has 2 aromatic rings. The predicted octanol–water partition coefficient (Wildman–Crippen LogP) is 2.26. The lowest BCUT2D eigenvalue weighted by molar-refractivity contribution is -0.152. The molecule has 1 fully saturated rings. The molecule has 2 N–H and O–H groups in total. The Bertz CT molecular complexity index is 993. The quantitative estimate of drug-likeness (QED) is 0.526. The Labute approximate surface area is 184 Å². The Morgan fingerprint density at radius 3 is 2.48 bits per heavy atom. The minimum atomic E-state index is -0.718. The zero-order chi connectivity index (χ0) is 22.4. The summed E-state index contributed by atoms with van der Waals surface area (Å²) in [5, 5.41) is 0.237. The van der Waals surface area contributed by atoms with E-state index in [9.17, 15) is 19.2 Å². The first-order chi connectivity index (χ1) is 14.9. The Kier molecular flexibility index (Phi) is 7.25. The first-order valence-corrected chi connectivity index (χ1v) is 10.2. The third-order valence-electron chi connectivity index (χ3n) is 4.89. The number of amides is 3. The van der Waals surface area contributed by atoms with Crippen molar-refractivity contribution in [1.82, 2.24) is 10.9 Å². The van der Waals surface area contributed by atoms with Crippen LogP contribution in [0.5, 0.6) is 0 Å². The molecular weight excluding hydrogens is 422 g/mol. The molecule has 0 bridgehead atoms. The largest absolute Gasteiger partial charge is 0.455 e. The van der Waals surface area contributed by atoms with Gasteiger partial charge in [-0.05, 0) is 36.2 Å². The summed E-state index contributed by atoms with van der Waals surface area (Å²) in [5.41, 5.74) is 6.42. The maximum Gasteiger partial charge on any atom is 0.311 e. The Balaban J connectivity index is 1.46. The van der Waals surface area contributed by atoms with Gasteiger partial charge in [0.25, 0.3) is 11.8 Å². The lowest BCUT2D eigenvalue weighted by atomic mass is 10.1. The molecule has 0 aromatic heterocycles. The molecule has 2 aromatic carbocycles. The van der Waals surface area contributed by atoms with E-state index >= 15 is 0 Å². The van der Waals surface area contributed by atoms with E-state index in [1.807, 2.05) is 31.2 Å². The van der Waals surface area contributed by atoms with Crippen LogP contribution < -0.4 is 15.8 Å². The summed E-state index contributed by atoms with van der Waals surface area (Å²) in [4.78, 5) is 50.0. The number of hydrazine groups is 1. The second-order valence-electron chi connectivity index (χ2n) is 7.02. The van der Waals surface area contributed by atoms with E-state index in [4.69, 9.17) is 16.3 Å². The minimum Gasteiger partial charge on any atom is -0.455 e. The highest BCUT2D eigenvalue weighted by Crippen LogP contribution is 2.26. The van der Waals surface area contributed by atoms with E-state index in [0.717, 1.165) is 17.7 Å². The molecule has 1 aliphatic heterocycles. The molecule has 3 rings (SSSR count). The van der Waals surface area contributed by atoms with Crippen LogP contribution in [0.3, 0.4) is 0 Å². The number of carbonyl (C=O) groups excluding carboxylic acids is 4. The number of ether oxygens (including phenoxy) is 1. The van der Waals surface area contributed by atoms with Crippen molar-refractivity contribution < 1.29 is 23.9 Å². The molecule has 8 nitrogen and oxygen atoms in total. The van der Waals surface area contributed by atoms with Crippen LogP contribution in [-0.4, -0.2) is 36.8 Å². The van der Waals surface area contributed by atoms with E-state index in [1.54, 1.807) is 18.2 Å². The van der Waals surface area contributed by atoms with Crippen LogP contribution in [0, 0.1) is 5.92 Å². The standard InChI is InChI=1S/C22H22ClN3O5/c1-2-14-7-9-16(10-8-14)26-12-15(11-20(26)28)22(30)31-13-19(27)24-25-21(29)17-5-3-4-6-18(17)23/h3-10,15H,2,11-13H2,1H3,(H,24,27)(H,25,29)/t15-/m1/s1. The summed E-state index contributed by atoms with van der Waals surface area (Å²) < 4.78 is 5.01. The van der Waals surface area contributed by atoms with E-state index in [1.165, 1.54) is 11.0 Å². The van der Waals surface area contributed by atoms with Gasteiger partial charge in [-0.25, -0.2) is 0 Å². The molecule has 0 spiro atoms. The number of rotatable bonds is 6. The van der Waals surface area contributed by atoms with Gasteiger partial charge >= 0.3 is 5.97 Å². The van der Waals surface area contributed by atoms with Crippen LogP contribution in [0.1, 0.15) is 29.3 Å². The van der Waals surface area contributed by atoms with Crippen molar-refractivity contribution in [2.45, 2.75) is 19.8 Å². The number of hydrogen-bond donors (Lipinski definition) is 2. The topological polar surface area (TPSA) is 105 Å². The fourth-order valence-electron chi connectivity index (χ4n) is 3.16. The Hall–Kier alpha value is -3.39. The van der Waals surface area contributed by atoms with Crippen LogP contribution in [0.15, 0.2) is 48.5 Å². The molecule has 0 saturated carbocycles. The fourth-order valence-corrected chi connectivity index (χ4v) is 3.38. The normalized spacial score (nSPS) is 15.5. The second-order valence-corrected chi connectivity index (χ2v) is 7.42. The molecule has 9 heteroatoms. The molecule has 0 radical (unpaired) electrons. The summed E-state index contributed by atoms with van der Waals surface area (Å²) in [6, 6.07) is 13.9. The van der Waals surface area contributed by atoms with Gasteiger partial charge in [-0.3, -0.25) is 30.0 Å². The highest BCUT2D eigenvalue weighted by atomic mass is 35.5. The third kappa shape index (κ3) is 5.61. The average Bonchev–Trinajstić information content (AvgIpc) is 3.17. The van der Waals surface area contributed by atoms with Crippen molar-refractivity contribution in [3.8, 4) is 0 Å². The molecular formula is C22H22ClN3O5. The van der Waals surface area contributed by atoms with E-state index < -0.39 is 30.3 Å². The van der Waals surface area contributed by atoms with Crippen LogP contribution in [0.4, 0.5) is 5.69 Å². The fraction of sp³-hybridized carbons (Fsp3) is 0.273. The molecule has 1 heterocycles. The van der Waals surface area contributed by atoms with Gasteiger partial charge in [0.05, 0.1) is 16.5 Å². The van der Waals surface area contributed by atoms with E-state index in [0.29, 0.717) is 0 Å². The molecule has 162 valence electrons. The lowest BCUT2D eigenvalue weighted by Gasteiger charge is -2.17. The summed E-state index contributed by atoms with van der Waals surface area (Å²) in [6.45, 7) is 1.64. The minimum absolute atomic E-state index is 0.0131. The van der Waals surface area contributed by atoms with Crippen molar-refractivity contribution in [2.75, 3.05) is 18.1 Å². The van der Waals surface area contributed by atoms with Crippen molar-refractivity contribution in [2.24, 2.45) is 5.92 Å². The molecule has 31 heavy (non-hydrogen) atoms. The Morgan fingerprint density at radius 1 is 1.10 bits per heavy atom. The van der Waals surface area contributed by atoms with Gasteiger partial charge in [-0.2, -0.15) is 0 Å². The number of anilines is 1. The van der Waals surface area contributed by atoms with Crippen molar-refractivity contribution in [3.05, 3.63) is 64.7 Å². The summed E-state index contributed by atoms with van der Waals surface area (Å²) in [7, 11) is 0. The van der Waals surface area contributed by atoms with Gasteiger partial charge in [0.2, 0.25) is 5.91 Å². The highest BCUT2D eigenvalue weighted by molar-refractivity contribution is 6.33. The van der Waals surface area contributed by atoms with Gasteiger partial charge < -0.3 is 9.64 Å². The molecule has 1 aliphatic rings. The molecule has 3 amide bonds. The molecule has 1 atom stereocenters. The zero-order valence-corrected chi connectivity index (χ0v) is 17.6. The smallest absolute Gasteiger partial charge is 0.311 e. The van der Waals surface area contributed by atoms with Gasteiger partial charge in [0.1, 0.15) is 0 Å². The average molecular weight is 444 g/mol. The number of nitrogens with zero attached hydrogens (tertiary/aromatic N) is 1. The first-order valence-electron chi connectivity index (χ1n) is 9.78. The Morgan fingerprint density at radius 2 is 1.81 bits per heavy atom. The van der Waals surface area contributed by atoms with Crippen LogP contribution in [0.2, 0.25) is 5.02 Å². The monoisotopic (exact) mass is 443 g/mol. The maximum absolute atomic E-state index is 12.3. The molecule has 1 saturated heterocycles. The highest BCUT2D eigenvalue weighted by Gasteiger charge is 2.36. The first kappa shape index (κ1) is 22.3. The van der Waals surface area contributed by atoms with Gasteiger partial charge in [-0.1, -0.05) is 42.8 Å². The lowest BCUT2D eigenvalue weighted by Crippen LogP contribution is -2.44. The maximum atomic E-state index is 12.3. The zero-order valence-electron chi connectivity index (χ0n) is 16.9. The van der Waals surface area contributed by atoms with Crippen LogP contribution >= 0.6 is 11.6 Å². The number of halogens is 1. The van der Waals surface area contributed by atoms with Crippen molar-refractivity contribution in [1.29, 1.82) is 0 Å². The number of esters is 1. The van der Waals surface area contributed by atoms with Gasteiger partial charge in [-0.15, -0.1) is 0 Å². The SMILES string of the molecule is CCc1ccc(N2C[C@H](C(=O)OCC(=O)NNC(=O)c3ccccc3Cl)CC2=O)cc1. The number of benzene rings is 2. The number of carbonyl (C=O) groups is 4. The number of hydrogen-bond acceptors (Lipinski definition) is 5.